The Kier molecular flexibility index (Phi) is 4.75. The average Bonchev–Trinajstić information content (AvgIpc) is 2.15. The molecule has 16 heavy (non-hydrogen) atoms. The Morgan fingerprint density at radius 2 is 1.75 bits per heavy atom. The monoisotopic (exact) mass is 260 g/mol. The van der Waals surface area contributed by atoms with Crippen molar-refractivity contribution in [2.75, 3.05) is 11.1 Å². The van der Waals surface area contributed by atoms with Crippen molar-refractivity contribution in [2.45, 2.75) is 33.2 Å². The second-order valence-corrected chi connectivity index (χ2v) is 5.08. The molecule has 1 rings (SSSR count). The Balaban J connectivity index is 2.96. The van der Waals surface area contributed by atoms with E-state index in [4.69, 9.17) is 28.9 Å². The van der Waals surface area contributed by atoms with Crippen LogP contribution < -0.4 is 11.1 Å². The molecule has 0 heterocycles. The van der Waals surface area contributed by atoms with E-state index in [0.29, 0.717) is 27.7 Å². The van der Waals surface area contributed by atoms with E-state index in [-0.39, 0.29) is 0 Å². The summed E-state index contributed by atoms with van der Waals surface area (Å²) in [6, 6.07) is 3.78. The number of hydrogen-bond acceptors (Lipinski definition) is 2. The molecule has 2 nitrogen and oxygen atoms in total. The van der Waals surface area contributed by atoms with Crippen LogP contribution in [0.4, 0.5) is 11.4 Å². The van der Waals surface area contributed by atoms with Gasteiger partial charge in [0.2, 0.25) is 0 Å². The van der Waals surface area contributed by atoms with Crippen LogP contribution >= 0.6 is 23.2 Å². The third kappa shape index (κ3) is 3.19. The zero-order chi connectivity index (χ0) is 12.3. The minimum Gasteiger partial charge on any atom is -0.399 e. The molecule has 0 radical (unpaired) electrons. The van der Waals surface area contributed by atoms with E-state index in [1.165, 1.54) is 0 Å². The van der Waals surface area contributed by atoms with Gasteiger partial charge < -0.3 is 11.1 Å². The number of nitrogens with two attached hydrogens (primary N) is 1. The second-order valence-electron chi connectivity index (χ2n) is 4.26. The maximum Gasteiger partial charge on any atom is 0.0722 e. The third-order valence-electron chi connectivity index (χ3n) is 2.64. The van der Waals surface area contributed by atoms with Crippen LogP contribution in [0.1, 0.15) is 27.2 Å². The minimum absolute atomic E-state index is 0.360. The van der Waals surface area contributed by atoms with Crippen LogP contribution in [-0.2, 0) is 0 Å². The Morgan fingerprint density at radius 1 is 1.25 bits per heavy atom. The lowest BCUT2D eigenvalue weighted by atomic mass is 10.0. The molecular weight excluding hydrogens is 243 g/mol. The lowest BCUT2D eigenvalue weighted by Gasteiger charge is -2.23. The van der Waals surface area contributed by atoms with Gasteiger partial charge in [0.15, 0.2) is 0 Å². The van der Waals surface area contributed by atoms with Crippen molar-refractivity contribution >= 4 is 34.6 Å². The van der Waals surface area contributed by atoms with Crippen LogP contribution in [0.5, 0.6) is 0 Å². The van der Waals surface area contributed by atoms with E-state index in [9.17, 15) is 0 Å². The molecule has 0 spiro atoms. The molecule has 90 valence electrons. The molecule has 0 aliphatic heterocycles. The van der Waals surface area contributed by atoms with Gasteiger partial charge in [-0.25, -0.2) is 0 Å². The smallest absolute Gasteiger partial charge is 0.0722 e. The lowest BCUT2D eigenvalue weighted by Crippen LogP contribution is -2.24. The van der Waals surface area contributed by atoms with E-state index in [2.05, 4.69) is 26.1 Å². The number of anilines is 2. The van der Waals surface area contributed by atoms with Gasteiger partial charge in [0, 0.05) is 11.7 Å². The fraction of sp³-hybridized carbons (Fsp3) is 0.500. The molecule has 0 aliphatic carbocycles. The summed E-state index contributed by atoms with van der Waals surface area (Å²) in [5, 5.41) is 4.52. The fourth-order valence-electron chi connectivity index (χ4n) is 1.66. The summed E-state index contributed by atoms with van der Waals surface area (Å²) >= 11 is 12.2. The molecule has 0 fully saturated rings. The van der Waals surface area contributed by atoms with Crippen molar-refractivity contribution < 1.29 is 0 Å². The lowest BCUT2D eigenvalue weighted by molar-refractivity contribution is 0.511. The predicted octanol–water partition coefficient (Wildman–Crippen LogP) is 4.42. The molecule has 1 aromatic rings. The average molecular weight is 261 g/mol. The van der Waals surface area contributed by atoms with Crippen LogP contribution in [0.15, 0.2) is 12.1 Å². The van der Waals surface area contributed by atoms with Gasteiger partial charge in [-0.15, -0.1) is 0 Å². The summed E-state index contributed by atoms with van der Waals surface area (Å²) in [4.78, 5) is 0. The molecule has 0 saturated heterocycles. The van der Waals surface area contributed by atoms with E-state index < -0.39 is 0 Å². The summed E-state index contributed by atoms with van der Waals surface area (Å²) in [6.07, 6.45) is 1.02. The first-order chi connectivity index (χ1) is 7.45. The molecule has 0 amide bonds. The topological polar surface area (TPSA) is 38.0 Å². The summed E-state index contributed by atoms with van der Waals surface area (Å²) in [6.45, 7) is 6.47. The molecule has 1 unspecified atom stereocenters. The number of halogens is 2. The molecule has 0 bridgehead atoms. The van der Waals surface area contributed by atoms with Crippen molar-refractivity contribution in [2.24, 2.45) is 5.92 Å². The SMILES string of the molecule is CCC(Nc1c(Cl)cc(N)cc1Cl)C(C)C. The largest absolute Gasteiger partial charge is 0.399 e. The quantitative estimate of drug-likeness (QED) is 0.787. The van der Waals surface area contributed by atoms with Gasteiger partial charge in [0.25, 0.3) is 0 Å². The van der Waals surface area contributed by atoms with Crippen LogP contribution in [0.25, 0.3) is 0 Å². The van der Waals surface area contributed by atoms with E-state index in [1.54, 1.807) is 12.1 Å². The predicted molar refractivity (Wildman–Crippen MR) is 73.4 cm³/mol. The Labute approximate surface area is 107 Å². The number of benzene rings is 1. The minimum atomic E-state index is 0.360. The van der Waals surface area contributed by atoms with Gasteiger partial charge in [-0.1, -0.05) is 44.0 Å². The highest BCUT2D eigenvalue weighted by Crippen LogP contribution is 2.34. The highest BCUT2D eigenvalue weighted by molar-refractivity contribution is 6.39. The fourth-order valence-corrected chi connectivity index (χ4v) is 2.27. The Bertz CT molecular complexity index is 341. The molecule has 0 aromatic heterocycles. The standard InChI is InChI=1S/C12H18Cl2N2/c1-4-11(7(2)3)16-12-9(13)5-8(15)6-10(12)14/h5-7,11,16H,4,15H2,1-3H3. The van der Waals surface area contributed by atoms with Gasteiger partial charge in [0.05, 0.1) is 15.7 Å². The summed E-state index contributed by atoms with van der Waals surface area (Å²) in [5.41, 5.74) is 7.01. The highest BCUT2D eigenvalue weighted by Gasteiger charge is 2.14. The van der Waals surface area contributed by atoms with Gasteiger partial charge in [-0.05, 0) is 24.5 Å². The van der Waals surface area contributed by atoms with Gasteiger partial charge in [-0.2, -0.15) is 0 Å². The normalized spacial score (nSPS) is 12.9. The third-order valence-corrected chi connectivity index (χ3v) is 3.23. The summed E-state index contributed by atoms with van der Waals surface area (Å²) < 4.78 is 0. The van der Waals surface area contributed by atoms with E-state index in [0.717, 1.165) is 12.1 Å². The Hall–Kier alpha value is -0.600. The van der Waals surface area contributed by atoms with Crippen molar-refractivity contribution in [3.63, 3.8) is 0 Å². The first-order valence-electron chi connectivity index (χ1n) is 5.46. The zero-order valence-electron chi connectivity index (χ0n) is 9.85. The van der Waals surface area contributed by atoms with Crippen molar-refractivity contribution in [1.82, 2.24) is 0 Å². The number of nitrogens with one attached hydrogen (secondary N) is 1. The summed E-state index contributed by atoms with van der Waals surface area (Å²) in [5.74, 6) is 0.523. The van der Waals surface area contributed by atoms with Crippen molar-refractivity contribution in [3.8, 4) is 0 Å². The van der Waals surface area contributed by atoms with Crippen LogP contribution in [0, 0.1) is 5.92 Å². The zero-order valence-corrected chi connectivity index (χ0v) is 11.4. The highest BCUT2D eigenvalue weighted by atomic mass is 35.5. The number of hydrogen-bond donors (Lipinski definition) is 2. The second kappa shape index (κ2) is 5.65. The van der Waals surface area contributed by atoms with E-state index >= 15 is 0 Å². The van der Waals surface area contributed by atoms with Gasteiger partial charge in [0.1, 0.15) is 0 Å². The molecular formula is C12H18Cl2N2. The van der Waals surface area contributed by atoms with Crippen molar-refractivity contribution in [1.29, 1.82) is 0 Å². The van der Waals surface area contributed by atoms with Crippen LogP contribution in [0.3, 0.4) is 0 Å². The van der Waals surface area contributed by atoms with Crippen LogP contribution in [0.2, 0.25) is 10.0 Å². The molecule has 1 atom stereocenters. The molecule has 0 saturated carbocycles. The first-order valence-corrected chi connectivity index (χ1v) is 6.22. The first kappa shape index (κ1) is 13.5. The Morgan fingerprint density at radius 3 is 2.12 bits per heavy atom. The molecule has 0 aliphatic rings. The van der Waals surface area contributed by atoms with Crippen LogP contribution in [-0.4, -0.2) is 6.04 Å². The van der Waals surface area contributed by atoms with Crippen molar-refractivity contribution in [3.05, 3.63) is 22.2 Å². The maximum absolute atomic E-state index is 6.11. The van der Waals surface area contributed by atoms with Gasteiger partial charge >= 0.3 is 0 Å². The molecule has 4 heteroatoms. The number of rotatable bonds is 4. The van der Waals surface area contributed by atoms with E-state index in [1.807, 2.05) is 0 Å². The molecule has 3 N–H and O–H groups in total. The summed E-state index contributed by atoms with van der Waals surface area (Å²) in [7, 11) is 0. The molecule has 1 aromatic carbocycles. The maximum atomic E-state index is 6.11. The number of nitrogen functional groups attached to an aromatic ring is 1. The van der Waals surface area contributed by atoms with Gasteiger partial charge in [-0.3, -0.25) is 0 Å².